The zero-order chi connectivity index (χ0) is 21.1. The number of hydrogen-bond donors (Lipinski definition) is 0. The number of hydrogen-bond acceptors (Lipinski definition) is 4. The second kappa shape index (κ2) is 8.04. The Hall–Kier alpha value is -2.83. The predicted octanol–water partition coefficient (Wildman–Crippen LogP) is 5.22. The highest BCUT2D eigenvalue weighted by Gasteiger charge is 2.40. The zero-order valence-corrected chi connectivity index (χ0v) is 15.8. The molecule has 0 aliphatic heterocycles. The fourth-order valence-corrected chi connectivity index (χ4v) is 2.77. The fourth-order valence-electron chi connectivity index (χ4n) is 2.77. The molecule has 1 unspecified atom stereocenters. The second-order valence-electron chi connectivity index (χ2n) is 7.11. The number of carbonyl (C=O) groups is 2. The molecule has 0 fully saturated rings. The van der Waals surface area contributed by atoms with Gasteiger partial charge in [0.2, 0.25) is 0 Å². The van der Waals surface area contributed by atoms with Crippen LogP contribution in [0.5, 0.6) is 0 Å². The van der Waals surface area contributed by atoms with Crippen LogP contribution >= 0.6 is 0 Å². The Morgan fingerprint density at radius 2 is 1.68 bits per heavy atom. The van der Waals surface area contributed by atoms with Crippen molar-refractivity contribution in [1.29, 1.82) is 0 Å². The summed E-state index contributed by atoms with van der Waals surface area (Å²) in [5, 5.41) is 1.86. The number of carbonyl (C=O) groups excluding carboxylic acids is 2. The summed E-state index contributed by atoms with van der Waals surface area (Å²) in [7, 11) is 0. The smallest absolute Gasteiger partial charge is 0.422 e. The van der Waals surface area contributed by atoms with Crippen molar-refractivity contribution in [3.8, 4) is 0 Å². The molecule has 0 saturated heterocycles. The minimum atomic E-state index is -4.86. The molecule has 0 aromatic heterocycles. The van der Waals surface area contributed by atoms with E-state index < -0.39 is 35.4 Å². The van der Waals surface area contributed by atoms with Gasteiger partial charge in [-0.2, -0.15) is 13.2 Å². The molecule has 2 aromatic rings. The molecule has 0 aliphatic carbocycles. The molecule has 150 valence electrons. The standard InChI is InChI=1S/C21H21F3O4/c1-13(12-20(3,4)28-18(25)14(2)21(22,23)24)27-19(26)17-10-9-15-7-5-6-8-16(15)11-17/h5-11,13H,2,12H2,1,3-4H3. The first-order valence-corrected chi connectivity index (χ1v) is 8.58. The molecule has 28 heavy (non-hydrogen) atoms. The molecule has 7 heteroatoms. The third kappa shape index (κ3) is 5.58. The van der Waals surface area contributed by atoms with Crippen LogP contribution in [0.15, 0.2) is 54.6 Å². The monoisotopic (exact) mass is 394 g/mol. The maximum absolute atomic E-state index is 12.5. The van der Waals surface area contributed by atoms with Gasteiger partial charge >= 0.3 is 18.1 Å². The number of ether oxygens (including phenoxy) is 2. The minimum Gasteiger partial charge on any atom is -0.459 e. The first-order valence-electron chi connectivity index (χ1n) is 8.58. The van der Waals surface area contributed by atoms with Crippen molar-refractivity contribution in [1.82, 2.24) is 0 Å². The molecule has 0 spiro atoms. The van der Waals surface area contributed by atoms with E-state index in [1.54, 1.807) is 25.1 Å². The average molecular weight is 394 g/mol. The Morgan fingerprint density at radius 3 is 2.29 bits per heavy atom. The van der Waals surface area contributed by atoms with Crippen LogP contribution in [0.2, 0.25) is 0 Å². The van der Waals surface area contributed by atoms with Crippen molar-refractivity contribution in [2.24, 2.45) is 0 Å². The third-order valence-corrected chi connectivity index (χ3v) is 4.03. The van der Waals surface area contributed by atoms with Crippen LogP contribution in [-0.2, 0) is 14.3 Å². The summed E-state index contributed by atoms with van der Waals surface area (Å²) < 4.78 is 47.9. The van der Waals surface area contributed by atoms with E-state index in [1.807, 2.05) is 24.3 Å². The molecule has 0 aliphatic rings. The lowest BCUT2D eigenvalue weighted by molar-refractivity contribution is -0.163. The van der Waals surface area contributed by atoms with Crippen molar-refractivity contribution in [2.75, 3.05) is 0 Å². The number of fused-ring (bicyclic) bond motifs is 1. The number of halogens is 3. The van der Waals surface area contributed by atoms with E-state index in [0.29, 0.717) is 5.56 Å². The Morgan fingerprint density at radius 1 is 1.07 bits per heavy atom. The van der Waals surface area contributed by atoms with Gasteiger partial charge < -0.3 is 9.47 Å². The molecular weight excluding hydrogens is 373 g/mol. The molecule has 0 saturated carbocycles. The van der Waals surface area contributed by atoms with Crippen LogP contribution in [0.4, 0.5) is 13.2 Å². The van der Waals surface area contributed by atoms with Gasteiger partial charge in [-0.3, -0.25) is 0 Å². The summed E-state index contributed by atoms with van der Waals surface area (Å²) >= 11 is 0. The van der Waals surface area contributed by atoms with Crippen LogP contribution in [-0.4, -0.2) is 29.8 Å². The number of alkyl halides is 3. The molecule has 0 radical (unpaired) electrons. The lowest BCUT2D eigenvalue weighted by atomic mass is 10.0. The number of rotatable bonds is 6. The first kappa shape index (κ1) is 21.5. The highest BCUT2D eigenvalue weighted by Crippen LogP contribution is 2.28. The molecule has 0 amide bonds. The summed E-state index contributed by atoms with van der Waals surface area (Å²) in [4.78, 5) is 24.0. The largest absolute Gasteiger partial charge is 0.459 e. The van der Waals surface area contributed by atoms with Crippen molar-refractivity contribution >= 4 is 22.7 Å². The SMILES string of the molecule is C=C(C(=O)OC(C)(C)CC(C)OC(=O)c1ccc2ccccc2c1)C(F)(F)F. The Labute approximate surface area is 160 Å². The summed E-state index contributed by atoms with van der Waals surface area (Å²) in [5.41, 5.74) is -2.51. The van der Waals surface area contributed by atoms with Crippen molar-refractivity contribution in [3.63, 3.8) is 0 Å². The van der Waals surface area contributed by atoms with Crippen molar-refractivity contribution in [2.45, 2.75) is 45.1 Å². The quantitative estimate of drug-likeness (QED) is 0.498. The topological polar surface area (TPSA) is 52.6 Å². The summed E-state index contributed by atoms with van der Waals surface area (Å²) in [6.45, 7) is 7.17. The molecule has 4 nitrogen and oxygen atoms in total. The van der Waals surface area contributed by atoms with Crippen LogP contribution in [0.1, 0.15) is 37.6 Å². The molecular formula is C21H21F3O4. The first-order chi connectivity index (χ1) is 12.9. The lowest BCUT2D eigenvalue weighted by Gasteiger charge is -2.28. The number of benzene rings is 2. The van der Waals surface area contributed by atoms with Gasteiger partial charge in [0, 0.05) is 6.42 Å². The summed E-state index contributed by atoms with van der Waals surface area (Å²) in [6.07, 6.45) is -5.54. The highest BCUT2D eigenvalue weighted by atomic mass is 19.4. The highest BCUT2D eigenvalue weighted by molar-refractivity contribution is 5.95. The van der Waals surface area contributed by atoms with Crippen molar-refractivity contribution in [3.05, 3.63) is 60.2 Å². The van der Waals surface area contributed by atoms with E-state index in [2.05, 4.69) is 6.58 Å². The maximum atomic E-state index is 12.5. The van der Waals surface area contributed by atoms with Crippen LogP contribution in [0.3, 0.4) is 0 Å². The Balaban J connectivity index is 1.99. The van der Waals surface area contributed by atoms with E-state index in [4.69, 9.17) is 9.47 Å². The Bertz CT molecular complexity index is 900. The molecule has 1 atom stereocenters. The van der Waals surface area contributed by atoms with Crippen LogP contribution < -0.4 is 0 Å². The normalized spacial score (nSPS) is 13.1. The van der Waals surface area contributed by atoms with Gasteiger partial charge in [-0.05, 0) is 43.7 Å². The van der Waals surface area contributed by atoms with E-state index in [9.17, 15) is 22.8 Å². The van der Waals surface area contributed by atoms with Gasteiger partial charge in [-0.15, -0.1) is 0 Å². The fraction of sp³-hybridized carbons (Fsp3) is 0.333. The van der Waals surface area contributed by atoms with Gasteiger partial charge in [0.05, 0.1) is 5.56 Å². The Kier molecular flexibility index (Phi) is 6.17. The molecule has 2 rings (SSSR count). The van der Waals surface area contributed by atoms with Gasteiger partial charge in [-0.1, -0.05) is 36.9 Å². The predicted molar refractivity (Wildman–Crippen MR) is 98.8 cm³/mol. The van der Waals surface area contributed by atoms with E-state index in [1.165, 1.54) is 13.8 Å². The minimum absolute atomic E-state index is 0.0171. The van der Waals surface area contributed by atoms with E-state index >= 15 is 0 Å². The maximum Gasteiger partial charge on any atom is 0.422 e. The third-order valence-electron chi connectivity index (χ3n) is 4.03. The molecule has 0 N–H and O–H groups in total. The van der Waals surface area contributed by atoms with E-state index in [-0.39, 0.29) is 6.42 Å². The zero-order valence-electron chi connectivity index (χ0n) is 15.8. The number of esters is 2. The molecule has 2 aromatic carbocycles. The summed E-state index contributed by atoms with van der Waals surface area (Å²) in [6, 6.07) is 12.7. The molecule has 0 bridgehead atoms. The van der Waals surface area contributed by atoms with Gasteiger partial charge in [0.1, 0.15) is 17.3 Å². The van der Waals surface area contributed by atoms with E-state index in [0.717, 1.165) is 10.8 Å². The average Bonchev–Trinajstić information content (AvgIpc) is 2.58. The second-order valence-corrected chi connectivity index (χ2v) is 7.11. The van der Waals surface area contributed by atoms with Crippen LogP contribution in [0, 0.1) is 0 Å². The van der Waals surface area contributed by atoms with Gasteiger partial charge in [-0.25, -0.2) is 9.59 Å². The van der Waals surface area contributed by atoms with Gasteiger partial charge in [0.15, 0.2) is 0 Å². The molecule has 0 heterocycles. The van der Waals surface area contributed by atoms with Gasteiger partial charge in [0.25, 0.3) is 0 Å². The lowest BCUT2D eigenvalue weighted by Crippen LogP contribution is -2.35. The van der Waals surface area contributed by atoms with Crippen LogP contribution in [0.25, 0.3) is 10.8 Å². The summed E-state index contributed by atoms with van der Waals surface area (Å²) in [5.74, 6) is -2.12. The van der Waals surface area contributed by atoms with Crippen molar-refractivity contribution < 1.29 is 32.2 Å².